The molecule has 0 radical (unpaired) electrons. The van der Waals surface area contributed by atoms with E-state index in [4.69, 9.17) is 11.6 Å². The second-order valence-corrected chi connectivity index (χ2v) is 9.27. The van der Waals surface area contributed by atoms with Crippen LogP contribution in [0.25, 0.3) is 0 Å². The number of benzene rings is 1. The number of halogens is 1. The molecule has 0 saturated carbocycles. The number of amides is 1. The molecule has 1 saturated heterocycles. The van der Waals surface area contributed by atoms with E-state index in [2.05, 4.69) is 10.4 Å². The monoisotopic (exact) mass is 424 g/mol. The highest BCUT2D eigenvalue weighted by molar-refractivity contribution is 7.89. The minimum absolute atomic E-state index is 0.0490. The van der Waals surface area contributed by atoms with Gasteiger partial charge >= 0.3 is 0 Å². The molecule has 1 fully saturated rings. The first-order chi connectivity index (χ1) is 13.3. The molecule has 0 atom stereocenters. The van der Waals surface area contributed by atoms with Crippen LogP contribution in [-0.4, -0.2) is 41.5 Å². The lowest BCUT2D eigenvalue weighted by Crippen LogP contribution is -2.36. The van der Waals surface area contributed by atoms with Crippen LogP contribution in [0.1, 0.15) is 36.2 Å². The second kappa shape index (κ2) is 8.63. The Bertz CT molecular complexity index is 966. The zero-order chi connectivity index (χ0) is 20.3. The van der Waals surface area contributed by atoms with Crippen molar-refractivity contribution < 1.29 is 13.2 Å². The van der Waals surface area contributed by atoms with Crippen LogP contribution in [0.2, 0.25) is 5.02 Å². The van der Waals surface area contributed by atoms with Crippen molar-refractivity contribution >= 4 is 27.5 Å². The predicted molar refractivity (Wildman–Crippen MR) is 108 cm³/mol. The van der Waals surface area contributed by atoms with Crippen LogP contribution in [0, 0.1) is 13.8 Å². The van der Waals surface area contributed by atoms with Crippen molar-refractivity contribution in [3.63, 3.8) is 0 Å². The highest BCUT2D eigenvalue weighted by Gasteiger charge is 2.31. The third-order valence-electron chi connectivity index (χ3n) is 4.96. The van der Waals surface area contributed by atoms with Crippen molar-refractivity contribution in [3.05, 3.63) is 46.2 Å². The molecule has 9 heteroatoms. The molecule has 1 aliphatic heterocycles. The molecule has 1 aliphatic rings. The van der Waals surface area contributed by atoms with Gasteiger partial charge in [-0.05, 0) is 38.3 Å². The van der Waals surface area contributed by atoms with Crippen molar-refractivity contribution in [1.29, 1.82) is 0 Å². The molecule has 152 valence electrons. The third kappa shape index (κ3) is 4.39. The molecule has 0 unspecified atom stereocenters. The summed E-state index contributed by atoms with van der Waals surface area (Å²) in [5.74, 6) is -0.257. The van der Waals surface area contributed by atoms with Crippen LogP contribution in [0.15, 0.2) is 29.2 Å². The summed E-state index contributed by atoms with van der Waals surface area (Å²) in [7, 11) is -3.60. The average molecular weight is 425 g/mol. The fourth-order valence-corrected chi connectivity index (χ4v) is 5.56. The summed E-state index contributed by atoms with van der Waals surface area (Å²) in [5, 5.41) is 7.70. The molecule has 0 bridgehead atoms. The lowest BCUT2D eigenvalue weighted by molar-refractivity contribution is -0.122. The predicted octanol–water partition coefficient (Wildman–Crippen LogP) is 2.64. The minimum atomic E-state index is -3.60. The topological polar surface area (TPSA) is 84.3 Å². The highest BCUT2D eigenvalue weighted by Crippen LogP contribution is 2.26. The lowest BCUT2D eigenvalue weighted by atomic mass is 10.2. The summed E-state index contributed by atoms with van der Waals surface area (Å²) in [6, 6.07) is 7.29. The summed E-state index contributed by atoms with van der Waals surface area (Å²) < 4.78 is 29.0. The van der Waals surface area contributed by atoms with Crippen molar-refractivity contribution in [2.24, 2.45) is 0 Å². The Labute approximate surface area is 170 Å². The molecule has 1 N–H and O–H groups in total. The Morgan fingerprint density at radius 1 is 1.18 bits per heavy atom. The largest absolute Gasteiger partial charge is 0.350 e. The molecular weight excluding hydrogens is 400 g/mol. The quantitative estimate of drug-likeness (QED) is 0.772. The van der Waals surface area contributed by atoms with Gasteiger partial charge in [-0.25, -0.2) is 8.42 Å². The van der Waals surface area contributed by atoms with E-state index in [1.54, 1.807) is 19.9 Å². The number of nitrogens with one attached hydrogen (secondary N) is 1. The van der Waals surface area contributed by atoms with E-state index >= 15 is 0 Å². The summed E-state index contributed by atoms with van der Waals surface area (Å²) in [6.45, 7) is 4.68. The zero-order valence-corrected chi connectivity index (χ0v) is 17.7. The van der Waals surface area contributed by atoms with Gasteiger partial charge in [0, 0.05) is 24.7 Å². The molecule has 2 heterocycles. The first-order valence-corrected chi connectivity index (χ1v) is 11.2. The van der Waals surface area contributed by atoms with E-state index in [1.165, 1.54) is 8.99 Å². The van der Waals surface area contributed by atoms with Crippen molar-refractivity contribution in [2.75, 3.05) is 13.1 Å². The van der Waals surface area contributed by atoms with Gasteiger partial charge in [-0.1, -0.05) is 36.2 Å². The van der Waals surface area contributed by atoms with E-state index in [0.29, 0.717) is 36.0 Å². The smallest absolute Gasteiger partial charge is 0.246 e. The van der Waals surface area contributed by atoms with Gasteiger partial charge in [0.05, 0.1) is 11.4 Å². The standard InChI is InChI=1S/C19H25ClN4O3S/c1-14-19(28(26,27)23-10-6-3-7-11-23)15(2)24(22-14)13-18(25)21-12-16-8-4-5-9-17(16)20/h4-5,8-9H,3,6-7,10-13H2,1-2H3,(H,21,25). The Balaban J connectivity index is 1.72. The number of hydrogen-bond acceptors (Lipinski definition) is 4. The summed E-state index contributed by atoms with van der Waals surface area (Å²) in [5.41, 5.74) is 1.72. The summed E-state index contributed by atoms with van der Waals surface area (Å²) >= 11 is 6.10. The van der Waals surface area contributed by atoms with Gasteiger partial charge in [0.25, 0.3) is 0 Å². The number of carbonyl (C=O) groups is 1. The zero-order valence-electron chi connectivity index (χ0n) is 16.1. The molecule has 1 aromatic heterocycles. The number of carbonyl (C=O) groups excluding carboxylic acids is 1. The van der Waals surface area contributed by atoms with E-state index in [1.807, 2.05) is 18.2 Å². The van der Waals surface area contributed by atoms with E-state index in [9.17, 15) is 13.2 Å². The first kappa shape index (κ1) is 20.8. The SMILES string of the molecule is Cc1nn(CC(=O)NCc2ccccc2Cl)c(C)c1S(=O)(=O)N1CCCCC1. The fraction of sp³-hybridized carbons (Fsp3) is 0.474. The Morgan fingerprint density at radius 3 is 2.54 bits per heavy atom. The minimum Gasteiger partial charge on any atom is -0.350 e. The molecule has 1 amide bonds. The van der Waals surface area contributed by atoms with Gasteiger partial charge in [0.2, 0.25) is 15.9 Å². The van der Waals surface area contributed by atoms with Crippen LogP contribution >= 0.6 is 11.6 Å². The first-order valence-electron chi connectivity index (χ1n) is 9.35. The van der Waals surface area contributed by atoms with E-state index in [-0.39, 0.29) is 17.3 Å². The average Bonchev–Trinajstić information content (AvgIpc) is 2.95. The number of rotatable bonds is 6. The fourth-order valence-electron chi connectivity index (χ4n) is 3.47. The Morgan fingerprint density at radius 2 is 1.86 bits per heavy atom. The van der Waals surface area contributed by atoms with Gasteiger partial charge in [-0.15, -0.1) is 0 Å². The number of aryl methyl sites for hydroxylation is 1. The van der Waals surface area contributed by atoms with Crippen molar-refractivity contribution in [3.8, 4) is 0 Å². The van der Waals surface area contributed by atoms with Gasteiger partial charge in [-0.3, -0.25) is 9.48 Å². The number of nitrogens with zero attached hydrogens (tertiary/aromatic N) is 3. The van der Waals surface area contributed by atoms with Crippen LogP contribution in [0.4, 0.5) is 0 Å². The van der Waals surface area contributed by atoms with Crippen LogP contribution < -0.4 is 5.32 Å². The van der Waals surface area contributed by atoms with Crippen LogP contribution in [0.5, 0.6) is 0 Å². The van der Waals surface area contributed by atoms with Crippen LogP contribution in [0.3, 0.4) is 0 Å². The van der Waals surface area contributed by atoms with Crippen LogP contribution in [-0.2, 0) is 27.9 Å². The number of piperidine rings is 1. The number of hydrogen-bond donors (Lipinski definition) is 1. The van der Waals surface area contributed by atoms with Crippen molar-refractivity contribution in [2.45, 2.75) is 51.1 Å². The molecule has 7 nitrogen and oxygen atoms in total. The molecular formula is C19H25ClN4O3S. The Kier molecular flexibility index (Phi) is 6.42. The third-order valence-corrected chi connectivity index (χ3v) is 7.48. The molecule has 2 aromatic rings. The lowest BCUT2D eigenvalue weighted by Gasteiger charge is -2.25. The van der Waals surface area contributed by atoms with E-state index < -0.39 is 10.0 Å². The molecule has 28 heavy (non-hydrogen) atoms. The number of aromatic nitrogens is 2. The van der Waals surface area contributed by atoms with Gasteiger partial charge in [0.15, 0.2) is 0 Å². The van der Waals surface area contributed by atoms with Gasteiger partial charge in [-0.2, -0.15) is 9.40 Å². The Hall–Kier alpha value is -1.90. The van der Waals surface area contributed by atoms with Crippen molar-refractivity contribution in [1.82, 2.24) is 19.4 Å². The maximum Gasteiger partial charge on any atom is 0.246 e. The summed E-state index contributed by atoms with van der Waals surface area (Å²) in [6.07, 6.45) is 2.79. The highest BCUT2D eigenvalue weighted by atomic mass is 35.5. The maximum atomic E-state index is 13.0. The van der Waals surface area contributed by atoms with Gasteiger partial charge in [0.1, 0.15) is 11.4 Å². The molecule has 1 aromatic carbocycles. The second-order valence-electron chi connectivity index (χ2n) is 6.99. The van der Waals surface area contributed by atoms with E-state index in [0.717, 1.165) is 24.8 Å². The molecule has 0 aliphatic carbocycles. The van der Waals surface area contributed by atoms with Gasteiger partial charge < -0.3 is 5.32 Å². The normalized spacial score (nSPS) is 15.5. The number of sulfonamides is 1. The maximum absolute atomic E-state index is 13.0. The molecule has 3 rings (SSSR count). The molecule has 0 spiro atoms. The summed E-state index contributed by atoms with van der Waals surface area (Å²) in [4.78, 5) is 12.6.